The van der Waals surface area contributed by atoms with E-state index in [4.69, 9.17) is 14.6 Å². The van der Waals surface area contributed by atoms with Crippen molar-refractivity contribution >= 4 is 5.97 Å². The molecule has 1 aliphatic heterocycles. The van der Waals surface area contributed by atoms with Gasteiger partial charge in [-0.05, 0) is 13.0 Å². The fraction of sp³-hybridized carbons (Fsp3) is 0.667. The van der Waals surface area contributed by atoms with E-state index in [1.165, 1.54) is 6.08 Å². The molecule has 1 fully saturated rings. The summed E-state index contributed by atoms with van der Waals surface area (Å²) in [5.74, 6) is -1.01. The van der Waals surface area contributed by atoms with Crippen molar-refractivity contribution in [3.8, 4) is 0 Å². The lowest BCUT2D eigenvalue weighted by molar-refractivity contribution is -0.133. The minimum Gasteiger partial charge on any atom is -0.478 e. The molecule has 0 radical (unpaired) electrons. The number of carboxylic acid groups (broad SMARTS) is 1. The molecule has 14 heavy (non-hydrogen) atoms. The van der Waals surface area contributed by atoms with E-state index in [-0.39, 0.29) is 18.3 Å². The molecule has 0 bridgehead atoms. The summed E-state index contributed by atoms with van der Waals surface area (Å²) in [6, 6.07) is 0. The first-order valence-corrected chi connectivity index (χ1v) is 4.51. The van der Waals surface area contributed by atoms with Crippen LogP contribution >= 0.6 is 0 Å². The van der Waals surface area contributed by atoms with E-state index in [0.29, 0.717) is 0 Å². The Morgan fingerprint density at radius 2 is 2.29 bits per heavy atom. The van der Waals surface area contributed by atoms with Gasteiger partial charge in [0.2, 0.25) is 0 Å². The number of fused-ring (bicyclic) bond motifs is 1. The molecule has 1 aliphatic carbocycles. The van der Waals surface area contributed by atoms with E-state index in [1.807, 2.05) is 0 Å². The highest BCUT2D eigenvalue weighted by Crippen LogP contribution is 2.30. The van der Waals surface area contributed by atoms with Crippen LogP contribution in [0.5, 0.6) is 0 Å². The molecular weight excluding hydrogens is 188 g/mol. The van der Waals surface area contributed by atoms with Gasteiger partial charge in [0.1, 0.15) is 12.2 Å². The second-order valence-corrected chi connectivity index (χ2v) is 3.54. The quantitative estimate of drug-likeness (QED) is 0.617. The molecule has 0 saturated carbocycles. The first-order valence-electron chi connectivity index (χ1n) is 4.51. The van der Waals surface area contributed by atoms with Gasteiger partial charge in [-0.3, -0.25) is 0 Å². The van der Waals surface area contributed by atoms with E-state index < -0.39 is 24.3 Å². The lowest BCUT2D eigenvalue weighted by atomic mass is 9.92. The average Bonchev–Trinajstić information content (AvgIpc) is 2.45. The van der Waals surface area contributed by atoms with Gasteiger partial charge in [0, 0.05) is 12.0 Å². The van der Waals surface area contributed by atoms with Crippen molar-refractivity contribution in [1.82, 2.24) is 0 Å². The first kappa shape index (κ1) is 9.64. The van der Waals surface area contributed by atoms with Crippen LogP contribution in [0.1, 0.15) is 13.3 Å². The minimum atomic E-state index is -1.01. The van der Waals surface area contributed by atoms with Crippen molar-refractivity contribution in [2.75, 3.05) is 0 Å². The Hall–Kier alpha value is -0.910. The van der Waals surface area contributed by atoms with Crippen LogP contribution in [0.4, 0.5) is 0 Å². The average molecular weight is 200 g/mol. The second-order valence-electron chi connectivity index (χ2n) is 3.54. The molecule has 2 aliphatic rings. The zero-order chi connectivity index (χ0) is 10.3. The summed E-state index contributed by atoms with van der Waals surface area (Å²) in [6.45, 7) is 1.72. The molecule has 0 spiro atoms. The fourth-order valence-electron chi connectivity index (χ4n) is 1.84. The number of aliphatic carboxylic acids is 1. The van der Waals surface area contributed by atoms with Gasteiger partial charge in [0.15, 0.2) is 6.29 Å². The smallest absolute Gasteiger partial charge is 0.331 e. The van der Waals surface area contributed by atoms with Crippen LogP contribution < -0.4 is 0 Å². The molecule has 2 N–H and O–H groups in total. The molecule has 78 valence electrons. The SMILES string of the molecule is C[C@@H]1O[C@H]2[C@@H](O)CC(C(=O)O)=C[C@H]2O1. The number of hydrogen-bond acceptors (Lipinski definition) is 4. The van der Waals surface area contributed by atoms with Gasteiger partial charge >= 0.3 is 5.97 Å². The Morgan fingerprint density at radius 3 is 2.93 bits per heavy atom. The van der Waals surface area contributed by atoms with Gasteiger partial charge in [0.05, 0.1) is 6.10 Å². The molecule has 5 nitrogen and oxygen atoms in total. The normalized spacial score (nSPS) is 41.7. The van der Waals surface area contributed by atoms with Crippen molar-refractivity contribution in [2.24, 2.45) is 0 Å². The molecule has 0 unspecified atom stereocenters. The third-order valence-electron chi connectivity index (χ3n) is 2.47. The number of hydrogen-bond donors (Lipinski definition) is 2. The van der Waals surface area contributed by atoms with Crippen molar-refractivity contribution in [3.63, 3.8) is 0 Å². The van der Waals surface area contributed by atoms with Crippen LogP contribution in [0.25, 0.3) is 0 Å². The van der Waals surface area contributed by atoms with Gasteiger partial charge in [-0.1, -0.05) is 0 Å². The van der Waals surface area contributed by atoms with E-state index in [2.05, 4.69) is 0 Å². The molecule has 5 heteroatoms. The molecule has 1 heterocycles. The van der Waals surface area contributed by atoms with E-state index in [1.54, 1.807) is 6.92 Å². The summed E-state index contributed by atoms with van der Waals surface area (Å²) in [6.07, 6.45) is -0.395. The number of aliphatic hydroxyl groups is 1. The topological polar surface area (TPSA) is 76.0 Å². The number of carbonyl (C=O) groups is 1. The minimum absolute atomic E-state index is 0.118. The van der Waals surface area contributed by atoms with Crippen LogP contribution in [-0.4, -0.2) is 40.8 Å². The highest BCUT2D eigenvalue weighted by molar-refractivity contribution is 5.87. The maximum absolute atomic E-state index is 10.7. The second kappa shape index (κ2) is 3.34. The lowest BCUT2D eigenvalue weighted by Crippen LogP contribution is -2.38. The van der Waals surface area contributed by atoms with Crippen molar-refractivity contribution in [2.45, 2.75) is 37.9 Å². The Morgan fingerprint density at radius 1 is 1.57 bits per heavy atom. The third kappa shape index (κ3) is 1.54. The largest absolute Gasteiger partial charge is 0.478 e. The fourth-order valence-corrected chi connectivity index (χ4v) is 1.84. The van der Waals surface area contributed by atoms with Crippen molar-refractivity contribution in [3.05, 3.63) is 11.6 Å². The highest BCUT2D eigenvalue weighted by atomic mass is 16.7. The van der Waals surface area contributed by atoms with Crippen LogP contribution in [0.2, 0.25) is 0 Å². The summed E-state index contributed by atoms with van der Waals surface area (Å²) in [7, 11) is 0. The molecule has 4 atom stereocenters. The third-order valence-corrected chi connectivity index (χ3v) is 2.47. The Labute approximate surface area is 80.9 Å². The van der Waals surface area contributed by atoms with Crippen LogP contribution in [0.15, 0.2) is 11.6 Å². The standard InChI is InChI=1S/C9H12O5/c1-4-13-7-3-5(9(11)12)2-6(10)8(7)14-4/h3-4,6-8,10H,2H2,1H3,(H,11,12)/t4-,6-,7+,8-/m0/s1. The summed E-state index contributed by atoms with van der Waals surface area (Å²) >= 11 is 0. The Bertz CT molecular complexity index is 285. The molecule has 0 amide bonds. The van der Waals surface area contributed by atoms with Crippen LogP contribution in [0, 0.1) is 0 Å². The summed E-state index contributed by atoms with van der Waals surface area (Å²) in [5.41, 5.74) is 0.191. The van der Waals surface area contributed by atoms with Gasteiger partial charge in [-0.2, -0.15) is 0 Å². The van der Waals surface area contributed by atoms with E-state index in [9.17, 15) is 9.90 Å². The molecule has 0 aromatic carbocycles. The number of ether oxygens (including phenoxy) is 2. The maximum Gasteiger partial charge on any atom is 0.331 e. The molecule has 1 saturated heterocycles. The van der Waals surface area contributed by atoms with Gasteiger partial charge < -0.3 is 19.7 Å². The van der Waals surface area contributed by atoms with E-state index >= 15 is 0 Å². The summed E-state index contributed by atoms with van der Waals surface area (Å²) < 4.78 is 10.6. The maximum atomic E-state index is 10.7. The zero-order valence-electron chi connectivity index (χ0n) is 7.71. The van der Waals surface area contributed by atoms with Crippen molar-refractivity contribution < 1.29 is 24.5 Å². The molecule has 2 rings (SSSR count). The number of carboxylic acids is 1. The monoisotopic (exact) mass is 200 g/mol. The van der Waals surface area contributed by atoms with Gasteiger partial charge in [0.25, 0.3) is 0 Å². The van der Waals surface area contributed by atoms with E-state index in [0.717, 1.165) is 0 Å². The van der Waals surface area contributed by atoms with Gasteiger partial charge in [-0.15, -0.1) is 0 Å². The summed E-state index contributed by atoms with van der Waals surface area (Å²) in [4.78, 5) is 10.7. The van der Waals surface area contributed by atoms with Crippen molar-refractivity contribution in [1.29, 1.82) is 0 Å². The summed E-state index contributed by atoms with van der Waals surface area (Å²) in [5, 5.41) is 18.4. The van der Waals surface area contributed by atoms with Crippen LogP contribution in [-0.2, 0) is 14.3 Å². The van der Waals surface area contributed by atoms with Gasteiger partial charge in [-0.25, -0.2) is 4.79 Å². The zero-order valence-corrected chi connectivity index (χ0v) is 7.71. The lowest BCUT2D eigenvalue weighted by Gasteiger charge is -2.25. The molecular formula is C9H12O5. The predicted octanol–water partition coefficient (Wildman–Crippen LogP) is -0.108. The molecule has 0 aromatic heterocycles. The Kier molecular flexibility index (Phi) is 2.30. The first-order chi connectivity index (χ1) is 6.58. The number of aliphatic hydroxyl groups excluding tert-OH is 1. The van der Waals surface area contributed by atoms with Crippen LogP contribution in [0.3, 0.4) is 0 Å². The number of rotatable bonds is 1. The molecule has 0 aromatic rings. The predicted molar refractivity (Wildman–Crippen MR) is 45.6 cm³/mol. The Balaban J connectivity index is 2.21. The highest BCUT2D eigenvalue weighted by Gasteiger charge is 2.41.